The maximum absolute atomic E-state index is 5.17. The number of fused-ring (bicyclic) bond motifs is 1. The van der Waals surface area contributed by atoms with Crippen LogP contribution in [0.2, 0.25) is 0 Å². The predicted octanol–water partition coefficient (Wildman–Crippen LogP) is 2.90. The van der Waals surface area contributed by atoms with Crippen LogP contribution in [0.25, 0.3) is 0 Å². The van der Waals surface area contributed by atoms with E-state index in [0.717, 1.165) is 44.3 Å². The third-order valence-corrected chi connectivity index (χ3v) is 5.10. The highest BCUT2D eigenvalue weighted by Gasteiger charge is 2.19. The van der Waals surface area contributed by atoms with Crippen LogP contribution >= 0.6 is 24.0 Å². The highest BCUT2D eigenvalue weighted by atomic mass is 127. The molecule has 0 spiro atoms. The minimum atomic E-state index is 0. The molecule has 148 valence electrons. The van der Waals surface area contributed by atoms with Gasteiger partial charge in [0.2, 0.25) is 0 Å². The zero-order valence-electron chi connectivity index (χ0n) is 16.7. The third kappa shape index (κ3) is 5.01. The number of ether oxygens (including phenoxy) is 1. The van der Waals surface area contributed by atoms with Crippen LogP contribution in [0.4, 0.5) is 0 Å². The molecule has 27 heavy (non-hydrogen) atoms. The first kappa shape index (κ1) is 21.7. The normalized spacial score (nSPS) is 13.9. The first-order valence-electron chi connectivity index (χ1n) is 9.18. The van der Waals surface area contributed by atoms with E-state index in [4.69, 9.17) is 4.74 Å². The number of methoxy groups -OCH3 is 1. The van der Waals surface area contributed by atoms with Crippen molar-refractivity contribution in [2.24, 2.45) is 4.99 Å². The lowest BCUT2D eigenvalue weighted by Gasteiger charge is -2.31. The van der Waals surface area contributed by atoms with Crippen molar-refractivity contribution in [3.05, 3.63) is 52.3 Å². The van der Waals surface area contributed by atoms with E-state index >= 15 is 0 Å². The lowest BCUT2D eigenvalue weighted by molar-refractivity contribution is 0.182. The molecule has 0 saturated heterocycles. The van der Waals surface area contributed by atoms with Crippen LogP contribution in [0.15, 0.2) is 29.3 Å². The number of guanidine groups is 1. The number of aryl methyl sites for hydroxylation is 1. The van der Waals surface area contributed by atoms with Crippen molar-refractivity contribution < 1.29 is 4.74 Å². The van der Waals surface area contributed by atoms with E-state index in [9.17, 15) is 0 Å². The van der Waals surface area contributed by atoms with Crippen molar-refractivity contribution in [3.63, 3.8) is 0 Å². The monoisotopic (exact) mass is 483 g/mol. The van der Waals surface area contributed by atoms with Crippen LogP contribution in [0.5, 0.6) is 0 Å². The Kier molecular flexibility index (Phi) is 8.09. The van der Waals surface area contributed by atoms with E-state index < -0.39 is 0 Å². The van der Waals surface area contributed by atoms with Crippen LogP contribution in [0.3, 0.4) is 0 Å². The molecular formula is C20H30IN5O. The van der Waals surface area contributed by atoms with E-state index in [0.29, 0.717) is 6.61 Å². The Morgan fingerprint density at radius 1 is 1.26 bits per heavy atom. The molecule has 1 N–H and O–H groups in total. The summed E-state index contributed by atoms with van der Waals surface area (Å²) in [6.45, 7) is 8.25. The van der Waals surface area contributed by atoms with E-state index in [2.05, 4.69) is 58.4 Å². The van der Waals surface area contributed by atoms with Crippen LogP contribution in [-0.2, 0) is 30.8 Å². The molecule has 2 aromatic rings. The highest BCUT2D eigenvalue weighted by molar-refractivity contribution is 14.0. The third-order valence-electron chi connectivity index (χ3n) is 5.10. The number of halogens is 1. The molecule has 7 heteroatoms. The predicted molar refractivity (Wildman–Crippen MR) is 120 cm³/mol. The van der Waals surface area contributed by atoms with E-state index in [-0.39, 0.29) is 24.0 Å². The number of aliphatic imine (C=N–C) groups is 1. The fraction of sp³-hybridized carbons (Fsp3) is 0.500. The number of rotatable bonds is 5. The molecule has 0 saturated carbocycles. The van der Waals surface area contributed by atoms with E-state index in [1.165, 1.54) is 22.4 Å². The zero-order valence-corrected chi connectivity index (χ0v) is 19.0. The molecular weight excluding hydrogens is 453 g/mol. The molecule has 3 rings (SSSR count). The van der Waals surface area contributed by atoms with Gasteiger partial charge in [0.1, 0.15) is 0 Å². The topological polar surface area (TPSA) is 54.7 Å². The van der Waals surface area contributed by atoms with E-state index in [1.807, 2.05) is 11.7 Å². The SMILES string of the molecule is CN=C(NCc1c(C)nn(CCOC)c1C)N1CCc2ccccc2C1.I. The smallest absolute Gasteiger partial charge is 0.194 e. The minimum Gasteiger partial charge on any atom is -0.383 e. The summed E-state index contributed by atoms with van der Waals surface area (Å²) in [6, 6.07) is 8.67. The molecule has 0 fully saturated rings. The zero-order chi connectivity index (χ0) is 18.5. The molecule has 0 radical (unpaired) electrons. The van der Waals surface area contributed by atoms with Gasteiger partial charge in [-0.1, -0.05) is 24.3 Å². The Bertz CT molecular complexity index is 787. The van der Waals surface area contributed by atoms with Gasteiger partial charge in [0, 0.05) is 45.0 Å². The van der Waals surface area contributed by atoms with Crippen molar-refractivity contribution in [1.82, 2.24) is 20.0 Å². The van der Waals surface area contributed by atoms with Crippen molar-refractivity contribution in [2.75, 3.05) is 27.3 Å². The second-order valence-corrected chi connectivity index (χ2v) is 6.71. The molecule has 0 bridgehead atoms. The molecule has 0 unspecified atom stereocenters. The van der Waals surface area contributed by atoms with Gasteiger partial charge in [-0.05, 0) is 31.4 Å². The average molecular weight is 483 g/mol. The molecule has 0 aliphatic carbocycles. The molecule has 6 nitrogen and oxygen atoms in total. The van der Waals surface area contributed by atoms with Gasteiger partial charge < -0.3 is 15.0 Å². The summed E-state index contributed by atoms with van der Waals surface area (Å²) < 4.78 is 7.19. The number of benzene rings is 1. The molecule has 1 aromatic heterocycles. The average Bonchev–Trinajstić information content (AvgIpc) is 2.94. The standard InChI is InChI=1S/C20H29N5O.HI/c1-15-19(16(2)25(23-15)11-12-26-4)13-22-20(21-3)24-10-9-17-7-5-6-8-18(17)14-24;/h5-8H,9-14H2,1-4H3,(H,21,22);1H. The fourth-order valence-corrected chi connectivity index (χ4v) is 3.56. The Hall–Kier alpha value is -1.61. The summed E-state index contributed by atoms with van der Waals surface area (Å²) in [5.41, 5.74) is 6.32. The summed E-state index contributed by atoms with van der Waals surface area (Å²) in [7, 11) is 3.57. The second kappa shape index (κ2) is 10.1. The van der Waals surface area contributed by atoms with Gasteiger partial charge in [-0.3, -0.25) is 9.67 Å². The second-order valence-electron chi connectivity index (χ2n) is 6.71. The van der Waals surface area contributed by atoms with Gasteiger partial charge in [0.05, 0.1) is 18.8 Å². The quantitative estimate of drug-likeness (QED) is 0.404. The van der Waals surface area contributed by atoms with Crippen LogP contribution in [-0.4, -0.2) is 47.9 Å². The van der Waals surface area contributed by atoms with Crippen molar-refractivity contribution in [3.8, 4) is 0 Å². The van der Waals surface area contributed by atoms with Gasteiger partial charge in [-0.15, -0.1) is 24.0 Å². The van der Waals surface area contributed by atoms with Crippen LogP contribution in [0, 0.1) is 13.8 Å². The van der Waals surface area contributed by atoms with Gasteiger partial charge in [-0.25, -0.2) is 0 Å². The fourth-order valence-electron chi connectivity index (χ4n) is 3.56. The van der Waals surface area contributed by atoms with Gasteiger partial charge in [0.15, 0.2) is 5.96 Å². The summed E-state index contributed by atoms with van der Waals surface area (Å²) in [5, 5.41) is 8.17. The Morgan fingerprint density at radius 3 is 2.70 bits per heavy atom. The molecule has 1 aliphatic rings. The Balaban J connectivity index is 0.00000261. The number of hydrogen-bond acceptors (Lipinski definition) is 3. The number of nitrogens with one attached hydrogen (secondary N) is 1. The number of aromatic nitrogens is 2. The lowest BCUT2D eigenvalue weighted by Crippen LogP contribution is -2.43. The Morgan fingerprint density at radius 2 is 2.00 bits per heavy atom. The van der Waals surface area contributed by atoms with Gasteiger partial charge in [0.25, 0.3) is 0 Å². The van der Waals surface area contributed by atoms with Crippen molar-refractivity contribution in [1.29, 1.82) is 0 Å². The summed E-state index contributed by atoms with van der Waals surface area (Å²) in [5.74, 6) is 0.947. The van der Waals surface area contributed by atoms with E-state index in [1.54, 1.807) is 7.11 Å². The maximum Gasteiger partial charge on any atom is 0.194 e. The molecule has 2 heterocycles. The first-order chi connectivity index (χ1) is 12.6. The minimum absolute atomic E-state index is 0. The van der Waals surface area contributed by atoms with Gasteiger partial charge >= 0.3 is 0 Å². The summed E-state index contributed by atoms with van der Waals surface area (Å²) >= 11 is 0. The Labute approximate surface area is 179 Å². The lowest BCUT2D eigenvalue weighted by atomic mass is 10.0. The summed E-state index contributed by atoms with van der Waals surface area (Å²) in [6.07, 6.45) is 1.06. The van der Waals surface area contributed by atoms with Gasteiger partial charge in [-0.2, -0.15) is 5.10 Å². The van der Waals surface area contributed by atoms with Crippen molar-refractivity contribution >= 4 is 29.9 Å². The number of nitrogens with zero attached hydrogens (tertiary/aromatic N) is 4. The molecule has 1 aliphatic heterocycles. The molecule has 1 aromatic carbocycles. The molecule has 0 amide bonds. The highest BCUT2D eigenvalue weighted by Crippen LogP contribution is 2.19. The molecule has 0 atom stereocenters. The van der Waals surface area contributed by atoms with Crippen LogP contribution < -0.4 is 5.32 Å². The van der Waals surface area contributed by atoms with Crippen molar-refractivity contribution in [2.45, 2.75) is 39.9 Å². The largest absolute Gasteiger partial charge is 0.383 e. The first-order valence-corrected chi connectivity index (χ1v) is 9.18. The summed E-state index contributed by atoms with van der Waals surface area (Å²) in [4.78, 5) is 6.82. The number of hydrogen-bond donors (Lipinski definition) is 1. The van der Waals surface area contributed by atoms with Crippen LogP contribution in [0.1, 0.15) is 28.1 Å². The maximum atomic E-state index is 5.17.